The Labute approximate surface area is 148 Å². The van der Waals surface area contributed by atoms with Crippen molar-refractivity contribution in [3.8, 4) is 11.3 Å². The average molecular weight is 355 g/mol. The Bertz CT molecular complexity index is 968. The minimum atomic E-state index is 0.902. The highest BCUT2D eigenvalue weighted by Gasteiger charge is 2.15. The summed E-state index contributed by atoms with van der Waals surface area (Å²) in [6.07, 6.45) is 1.89. The van der Waals surface area contributed by atoms with Crippen molar-refractivity contribution in [1.29, 1.82) is 0 Å². The van der Waals surface area contributed by atoms with Gasteiger partial charge in [0.25, 0.3) is 0 Å². The normalized spacial score (nSPS) is 11.1. The first-order valence-corrected chi connectivity index (χ1v) is 9.22. The molecule has 24 heavy (non-hydrogen) atoms. The number of hydrogen-bond donors (Lipinski definition) is 0. The second-order valence-corrected chi connectivity index (χ2v) is 7.54. The van der Waals surface area contributed by atoms with E-state index in [1.165, 1.54) is 5.00 Å². The summed E-state index contributed by atoms with van der Waals surface area (Å²) in [7, 11) is 6.13. The van der Waals surface area contributed by atoms with Gasteiger partial charge in [0.15, 0.2) is 0 Å². The summed E-state index contributed by atoms with van der Waals surface area (Å²) in [6.45, 7) is 0. The number of thiophene rings is 1. The fraction of sp³-hybridized carbons (Fsp3) is 0.176. The number of hydrogen-bond acceptors (Lipinski definition) is 6. The highest BCUT2D eigenvalue weighted by atomic mass is 32.1. The minimum Gasteiger partial charge on any atom is -0.378 e. The van der Waals surface area contributed by atoms with Gasteiger partial charge >= 0.3 is 0 Å². The number of aromatic nitrogens is 3. The van der Waals surface area contributed by atoms with Gasteiger partial charge in [-0.2, -0.15) is 0 Å². The first-order valence-electron chi connectivity index (χ1n) is 7.53. The van der Waals surface area contributed by atoms with Crippen molar-refractivity contribution in [2.45, 2.75) is 0 Å². The molecule has 4 aromatic rings. The number of fused-ring (bicyclic) bond motifs is 1. The Morgan fingerprint density at radius 1 is 1.08 bits per heavy atom. The summed E-state index contributed by atoms with van der Waals surface area (Å²) in [4.78, 5) is 9.63. The maximum Gasteiger partial charge on any atom is 0.214 e. The predicted octanol–water partition coefficient (Wildman–Crippen LogP) is 4.35. The number of rotatable bonds is 4. The average Bonchev–Trinajstić information content (AvgIpc) is 3.30. The standard InChI is InChI=1S/C17H17N5S2/c1-20(2)13-7-4-6-12(10-13)14-11-18-16-22(14)19-17(24-16)21(3)15-8-5-9-23-15/h4-11H,1-3H3. The van der Waals surface area contributed by atoms with E-state index in [2.05, 4.69) is 50.5 Å². The Hall–Kier alpha value is -2.38. The molecule has 0 N–H and O–H groups in total. The molecule has 0 spiro atoms. The van der Waals surface area contributed by atoms with Crippen LogP contribution in [0.1, 0.15) is 0 Å². The van der Waals surface area contributed by atoms with E-state index in [0.717, 1.165) is 27.0 Å². The lowest BCUT2D eigenvalue weighted by atomic mass is 10.1. The summed E-state index contributed by atoms with van der Waals surface area (Å²) >= 11 is 3.29. The van der Waals surface area contributed by atoms with E-state index in [1.54, 1.807) is 22.7 Å². The monoisotopic (exact) mass is 355 g/mol. The molecule has 0 aliphatic rings. The van der Waals surface area contributed by atoms with Crippen LogP contribution in [0, 0.1) is 0 Å². The van der Waals surface area contributed by atoms with E-state index >= 15 is 0 Å². The second-order valence-electron chi connectivity index (χ2n) is 5.68. The third-order valence-corrected chi connectivity index (χ3v) is 5.80. The fourth-order valence-corrected chi connectivity index (χ4v) is 4.12. The van der Waals surface area contributed by atoms with Crippen molar-refractivity contribution in [3.05, 3.63) is 48.0 Å². The summed E-state index contributed by atoms with van der Waals surface area (Å²) in [6, 6.07) is 12.6. The first-order chi connectivity index (χ1) is 11.6. The Kier molecular flexibility index (Phi) is 3.74. The van der Waals surface area contributed by atoms with E-state index in [1.807, 2.05) is 37.9 Å². The van der Waals surface area contributed by atoms with Crippen LogP contribution in [0.5, 0.6) is 0 Å². The minimum absolute atomic E-state index is 0.902. The maximum atomic E-state index is 4.77. The predicted molar refractivity (Wildman–Crippen MR) is 103 cm³/mol. The van der Waals surface area contributed by atoms with Gasteiger partial charge in [0.1, 0.15) is 0 Å². The molecule has 0 aliphatic heterocycles. The maximum absolute atomic E-state index is 4.77. The van der Waals surface area contributed by atoms with Crippen molar-refractivity contribution in [2.24, 2.45) is 0 Å². The lowest BCUT2D eigenvalue weighted by Gasteiger charge is -2.13. The van der Waals surface area contributed by atoms with Crippen molar-refractivity contribution in [2.75, 3.05) is 30.9 Å². The van der Waals surface area contributed by atoms with E-state index in [4.69, 9.17) is 5.10 Å². The molecular formula is C17H17N5S2. The number of benzene rings is 1. The number of anilines is 3. The molecule has 4 rings (SSSR count). The third kappa shape index (κ3) is 2.55. The van der Waals surface area contributed by atoms with E-state index in [-0.39, 0.29) is 0 Å². The van der Waals surface area contributed by atoms with Crippen molar-refractivity contribution in [1.82, 2.24) is 14.6 Å². The molecule has 0 bridgehead atoms. The molecule has 0 fully saturated rings. The van der Waals surface area contributed by atoms with Crippen LogP contribution in [0.15, 0.2) is 48.0 Å². The van der Waals surface area contributed by atoms with Gasteiger partial charge in [0, 0.05) is 32.4 Å². The molecule has 1 aromatic carbocycles. The summed E-state index contributed by atoms with van der Waals surface area (Å²) in [5.74, 6) is 0. The van der Waals surface area contributed by atoms with Crippen molar-refractivity contribution < 1.29 is 0 Å². The van der Waals surface area contributed by atoms with Gasteiger partial charge in [0.2, 0.25) is 10.1 Å². The molecule has 3 heterocycles. The van der Waals surface area contributed by atoms with Crippen molar-refractivity contribution in [3.63, 3.8) is 0 Å². The van der Waals surface area contributed by atoms with Crippen LogP contribution in [0.25, 0.3) is 16.2 Å². The molecule has 0 atom stereocenters. The van der Waals surface area contributed by atoms with E-state index in [9.17, 15) is 0 Å². The largest absolute Gasteiger partial charge is 0.378 e. The molecule has 0 unspecified atom stereocenters. The highest BCUT2D eigenvalue weighted by Crippen LogP contribution is 2.33. The van der Waals surface area contributed by atoms with Crippen LogP contribution < -0.4 is 9.80 Å². The number of imidazole rings is 1. The van der Waals surface area contributed by atoms with Crippen LogP contribution in [0.3, 0.4) is 0 Å². The van der Waals surface area contributed by atoms with Gasteiger partial charge < -0.3 is 9.80 Å². The lowest BCUT2D eigenvalue weighted by molar-refractivity contribution is 0.962. The van der Waals surface area contributed by atoms with Gasteiger partial charge in [0.05, 0.1) is 16.9 Å². The first kappa shape index (κ1) is 15.2. The quantitative estimate of drug-likeness (QED) is 0.545. The Morgan fingerprint density at radius 3 is 2.71 bits per heavy atom. The summed E-state index contributed by atoms with van der Waals surface area (Å²) in [5, 5.41) is 8.95. The summed E-state index contributed by atoms with van der Waals surface area (Å²) in [5.41, 5.74) is 3.29. The number of nitrogens with zero attached hydrogens (tertiary/aromatic N) is 5. The van der Waals surface area contributed by atoms with Gasteiger partial charge in [-0.25, -0.2) is 9.50 Å². The molecule has 0 radical (unpaired) electrons. The van der Waals surface area contributed by atoms with Gasteiger partial charge in [-0.3, -0.25) is 0 Å². The van der Waals surface area contributed by atoms with Crippen LogP contribution in [-0.2, 0) is 0 Å². The Morgan fingerprint density at radius 2 is 1.96 bits per heavy atom. The zero-order chi connectivity index (χ0) is 16.7. The second kappa shape index (κ2) is 5.92. The zero-order valence-corrected chi connectivity index (χ0v) is 15.3. The van der Waals surface area contributed by atoms with E-state index in [0.29, 0.717) is 0 Å². The molecule has 0 aliphatic carbocycles. The fourth-order valence-electron chi connectivity index (χ4n) is 2.51. The zero-order valence-electron chi connectivity index (χ0n) is 13.7. The molecule has 3 aromatic heterocycles. The third-order valence-electron chi connectivity index (χ3n) is 3.86. The van der Waals surface area contributed by atoms with Gasteiger partial charge in [-0.15, -0.1) is 16.4 Å². The lowest BCUT2D eigenvalue weighted by Crippen LogP contribution is -2.08. The molecule has 0 saturated carbocycles. The van der Waals surface area contributed by atoms with Crippen molar-refractivity contribution >= 4 is 43.5 Å². The highest BCUT2D eigenvalue weighted by molar-refractivity contribution is 7.21. The molecule has 0 amide bonds. The van der Waals surface area contributed by atoms with Gasteiger partial charge in [-0.05, 0) is 29.6 Å². The van der Waals surface area contributed by atoms with Crippen LogP contribution >= 0.6 is 22.7 Å². The topological polar surface area (TPSA) is 36.7 Å². The molecule has 122 valence electrons. The van der Waals surface area contributed by atoms with Crippen LogP contribution in [0.4, 0.5) is 15.8 Å². The molecule has 5 nitrogen and oxygen atoms in total. The van der Waals surface area contributed by atoms with Crippen LogP contribution in [0.2, 0.25) is 0 Å². The molecular weight excluding hydrogens is 338 g/mol. The smallest absolute Gasteiger partial charge is 0.214 e. The molecule has 0 saturated heterocycles. The SMILES string of the molecule is CN(C)c1cccc(-c2cnc3sc(N(C)c4cccs4)nn23)c1. The Balaban J connectivity index is 1.76. The molecule has 7 heteroatoms. The van der Waals surface area contributed by atoms with Crippen LogP contribution in [-0.4, -0.2) is 35.7 Å². The summed E-state index contributed by atoms with van der Waals surface area (Å²) < 4.78 is 1.93. The van der Waals surface area contributed by atoms with Gasteiger partial charge in [-0.1, -0.05) is 23.5 Å². The van der Waals surface area contributed by atoms with E-state index < -0.39 is 0 Å².